The van der Waals surface area contributed by atoms with Crippen LogP contribution in [0.4, 0.5) is 4.79 Å². The summed E-state index contributed by atoms with van der Waals surface area (Å²) in [5.74, 6) is 0.839. The maximum atomic E-state index is 11.4. The lowest BCUT2D eigenvalue weighted by Gasteiger charge is -2.19. The summed E-state index contributed by atoms with van der Waals surface area (Å²) in [6.07, 6.45) is 3.44. The second kappa shape index (κ2) is 6.98. The van der Waals surface area contributed by atoms with Gasteiger partial charge in [-0.15, -0.1) is 0 Å². The largest absolute Gasteiger partial charge is 0.497 e. The molecule has 0 bridgehead atoms. The molecule has 0 unspecified atom stereocenters. The highest BCUT2D eigenvalue weighted by atomic mass is 16.6. The molecule has 0 radical (unpaired) electrons. The number of hydrogen-bond donors (Lipinski definition) is 1. The third-order valence-corrected chi connectivity index (χ3v) is 2.54. The Labute approximate surface area is 120 Å². The lowest BCUT2D eigenvalue weighted by atomic mass is 10.1. The molecule has 0 spiro atoms. The predicted octanol–water partition coefficient (Wildman–Crippen LogP) is 3.54. The standard InChI is InChI=1S/C16H23NO3/c1-12-11-14(19-5)9-8-13(12)7-6-10-17-15(18)20-16(2,3)4/h6-9,11H,10H2,1-5H3,(H,17,18). The topological polar surface area (TPSA) is 47.6 Å². The Morgan fingerprint density at radius 1 is 1.35 bits per heavy atom. The van der Waals surface area contributed by atoms with Gasteiger partial charge < -0.3 is 14.8 Å². The zero-order chi connectivity index (χ0) is 15.2. The lowest BCUT2D eigenvalue weighted by Crippen LogP contribution is -2.32. The van der Waals surface area contributed by atoms with Crippen LogP contribution in [0, 0.1) is 6.92 Å². The highest BCUT2D eigenvalue weighted by Crippen LogP contribution is 2.17. The van der Waals surface area contributed by atoms with Gasteiger partial charge in [-0.25, -0.2) is 4.79 Å². The second-order valence-electron chi connectivity index (χ2n) is 5.51. The van der Waals surface area contributed by atoms with E-state index in [1.54, 1.807) is 7.11 Å². The van der Waals surface area contributed by atoms with Gasteiger partial charge in [0.1, 0.15) is 11.4 Å². The molecule has 0 aliphatic carbocycles. The highest BCUT2D eigenvalue weighted by molar-refractivity contribution is 5.68. The van der Waals surface area contributed by atoms with Gasteiger partial charge in [0.15, 0.2) is 0 Å². The first-order chi connectivity index (χ1) is 9.31. The van der Waals surface area contributed by atoms with E-state index in [9.17, 15) is 4.79 Å². The van der Waals surface area contributed by atoms with Crippen LogP contribution >= 0.6 is 0 Å². The molecule has 1 aromatic carbocycles. The van der Waals surface area contributed by atoms with Crippen LogP contribution in [-0.4, -0.2) is 25.3 Å². The van der Waals surface area contributed by atoms with Gasteiger partial charge in [0.25, 0.3) is 0 Å². The molecule has 1 amide bonds. The van der Waals surface area contributed by atoms with Crippen molar-refractivity contribution in [1.82, 2.24) is 5.32 Å². The molecule has 0 fully saturated rings. The van der Waals surface area contributed by atoms with Crippen LogP contribution in [0.15, 0.2) is 24.3 Å². The fourth-order valence-electron chi connectivity index (χ4n) is 1.60. The van der Waals surface area contributed by atoms with Gasteiger partial charge in [-0.3, -0.25) is 0 Å². The molecule has 110 valence electrons. The number of carbonyl (C=O) groups is 1. The van der Waals surface area contributed by atoms with Crippen LogP contribution in [0.2, 0.25) is 0 Å². The van der Waals surface area contributed by atoms with Crippen molar-refractivity contribution < 1.29 is 14.3 Å². The monoisotopic (exact) mass is 277 g/mol. The summed E-state index contributed by atoms with van der Waals surface area (Å²) in [5, 5.41) is 2.68. The smallest absolute Gasteiger partial charge is 0.407 e. The molecule has 0 saturated carbocycles. The molecule has 1 N–H and O–H groups in total. The molecule has 0 aliphatic heterocycles. The molecular formula is C16H23NO3. The maximum Gasteiger partial charge on any atom is 0.407 e. The van der Waals surface area contributed by atoms with E-state index in [1.807, 2.05) is 58.0 Å². The van der Waals surface area contributed by atoms with Crippen molar-refractivity contribution in [2.24, 2.45) is 0 Å². The minimum Gasteiger partial charge on any atom is -0.497 e. The van der Waals surface area contributed by atoms with Crippen LogP contribution in [0.1, 0.15) is 31.9 Å². The van der Waals surface area contributed by atoms with Crippen LogP contribution in [0.3, 0.4) is 0 Å². The number of amides is 1. The van der Waals surface area contributed by atoms with E-state index in [1.165, 1.54) is 0 Å². The summed E-state index contributed by atoms with van der Waals surface area (Å²) in [6.45, 7) is 7.96. The molecule has 0 saturated heterocycles. The number of nitrogens with one attached hydrogen (secondary N) is 1. The fraction of sp³-hybridized carbons (Fsp3) is 0.438. The van der Waals surface area contributed by atoms with Crippen LogP contribution in [-0.2, 0) is 4.74 Å². The van der Waals surface area contributed by atoms with Crippen LogP contribution in [0.5, 0.6) is 5.75 Å². The summed E-state index contributed by atoms with van der Waals surface area (Å²) in [7, 11) is 1.65. The molecule has 0 aliphatic rings. The number of methoxy groups -OCH3 is 1. The van der Waals surface area contributed by atoms with E-state index >= 15 is 0 Å². The van der Waals surface area contributed by atoms with Crippen LogP contribution < -0.4 is 10.1 Å². The average Bonchev–Trinajstić information content (AvgIpc) is 2.33. The van der Waals surface area contributed by atoms with Gasteiger partial charge >= 0.3 is 6.09 Å². The Morgan fingerprint density at radius 2 is 2.05 bits per heavy atom. The highest BCUT2D eigenvalue weighted by Gasteiger charge is 2.14. The van der Waals surface area contributed by atoms with E-state index < -0.39 is 11.7 Å². The molecule has 4 heteroatoms. The minimum atomic E-state index is -0.472. The van der Waals surface area contributed by atoms with Gasteiger partial charge in [0, 0.05) is 6.54 Å². The summed E-state index contributed by atoms with van der Waals surface area (Å²) < 4.78 is 10.3. The summed E-state index contributed by atoms with van der Waals surface area (Å²) >= 11 is 0. The number of aryl methyl sites for hydroxylation is 1. The minimum absolute atomic E-state index is 0.409. The van der Waals surface area contributed by atoms with Gasteiger partial charge in [-0.2, -0.15) is 0 Å². The average molecular weight is 277 g/mol. The fourth-order valence-corrected chi connectivity index (χ4v) is 1.60. The molecular weight excluding hydrogens is 254 g/mol. The molecule has 1 aromatic rings. The zero-order valence-corrected chi connectivity index (χ0v) is 12.8. The van der Waals surface area contributed by atoms with E-state index in [0.29, 0.717) is 6.54 Å². The van der Waals surface area contributed by atoms with E-state index in [0.717, 1.165) is 16.9 Å². The Bertz CT molecular complexity index is 487. The molecule has 20 heavy (non-hydrogen) atoms. The van der Waals surface area contributed by atoms with E-state index in [4.69, 9.17) is 9.47 Å². The van der Waals surface area contributed by atoms with Crippen molar-refractivity contribution in [3.63, 3.8) is 0 Å². The zero-order valence-electron chi connectivity index (χ0n) is 12.8. The molecule has 0 aromatic heterocycles. The third kappa shape index (κ3) is 5.78. The lowest BCUT2D eigenvalue weighted by molar-refractivity contribution is 0.0534. The van der Waals surface area contributed by atoms with Crippen molar-refractivity contribution in [3.8, 4) is 5.75 Å². The molecule has 0 atom stereocenters. The maximum absolute atomic E-state index is 11.4. The van der Waals surface area contributed by atoms with E-state index in [-0.39, 0.29) is 0 Å². The van der Waals surface area contributed by atoms with Crippen LogP contribution in [0.25, 0.3) is 6.08 Å². The molecule has 0 heterocycles. The quantitative estimate of drug-likeness (QED) is 0.915. The number of carbonyl (C=O) groups excluding carboxylic acids is 1. The first-order valence-corrected chi connectivity index (χ1v) is 6.60. The van der Waals surface area contributed by atoms with Crippen molar-refractivity contribution in [1.29, 1.82) is 0 Å². The second-order valence-corrected chi connectivity index (χ2v) is 5.51. The van der Waals surface area contributed by atoms with Gasteiger partial charge in [-0.05, 0) is 51.0 Å². The van der Waals surface area contributed by atoms with Gasteiger partial charge in [0.2, 0.25) is 0 Å². The Morgan fingerprint density at radius 3 is 2.60 bits per heavy atom. The summed E-state index contributed by atoms with van der Waals surface area (Å²) in [4.78, 5) is 11.4. The number of hydrogen-bond acceptors (Lipinski definition) is 3. The van der Waals surface area contributed by atoms with Crippen molar-refractivity contribution in [2.75, 3.05) is 13.7 Å². The molecule has 1 rings (SSSR count). The predicted molar refractivity (Wildman–Crippen MR) is 81.0 cm³/mol. The van der Waals surface area contributed by atoms with Gasteiger partial charge in [0.05, 0.1) is 7.11 Å². The summed E-state index contributed by atoms with van der Waals surface area (Å²) in [5.41, 5.74) is 1.75. The Balaban J connectivity index is 2.48. The normalized spacial score (nSPS) is 11.4. The van der Waals surface area contributed by atoms with Crippen molar-refractivity contribution in [2.45, 2.75) is 33.3 Å². The number of benzene rings is 1. The number of ether oxygens (including phenoxy) is 2. The third-order valence-electron chi connectivity index (χ3n) is 2.54. The van der Waals surface area contributed by atoms with Gasteiger partial charge in [-0.1, -0.05) is 18.2 Å². The van der Waals surface area contributed by atoms with E-state index in [2.05, 4.69) is 5.32 Å². The SMILES string of the molecule is COc1ccc(C=CCNC(=O)OC(C)(C)C)c(C)c1. The first-order valence-electron chi connectivity index (χ1n) is 6.60. The Hall–Kier alpha value is -1.97. The Kier molecular flexibility index (Phi) is 5.62. The first kappa shape index (κ1) is 16.1. The number of alkyl carbamates (subject to hydrolysis) is 1. The number of rotatable bonds is 4. The molecule has 4 nitrogen and oxygen atoms in total. The van der Waals surface area contributed by atoms with Crippen molar-refractivity contribution in [3.05, 3.63) is 35.4 Å². The van der Waals surface area contributed by atoms with Crippen molar-refractivity contribution >= 4 is 12.2 Å². The summed E-state index contributed by atoms with van der Waals surface area (Å²) in [6, 6.07) is 5.87.